The maximum atomic E-state index is 13.7. The summed E-state index contributed by atoms with van der Waals surface area (Å²) in [7, 11) is 0. The summed E-state index contributed by atoms with van der Waals surface area (Å²) in [6.45, 7) is 0.395. The van der Waals surface area contributed by atoms with Crippen molar-refractivity contribution in [2.24, 2.45) is 5.73 Å². The first-order valence-electron chi connectivity index (χ1n) is 5.82. The molecule has 2 nitrogen and oxygen atoms in total. The van der Waals surface area contributed by atoms with Crippen molar-refractivity contribution in [1.29, 1.82) is 0 Å². The molecule has 2 aromatic rings. The Morgan fingerprint density at radius 1 is 1.15 bits per heavy atom. The molecule has 2 aromatic carbocycles. The maximum absolute atomic E-state index is 13.7. The molecule has 0 bridgehead atoms. The van der Waals surface area contributed by atoms with Gasteiger partial charge in [0.2, 0.25) is 5.82 Å². The number of halogens is 4. The quantitative estimate of drug-likeness (QED) is 0.802. The molecular formula is C14H11BrClF2NO. The van der Waals surface area contributed by atoms with Crippen LogP contribution in [0.15, 0.2) is 34.8 Å². The third-order valence-electron chi connectivity index (χ3n) is 2.62. The van der Waals surface area contributed by atoms with Crippen LogP contribution in [0.4, 0.5) is 8.78 Å². The van der Waals surface area contributed by atoms with Gasteiger partial charge >= 0.3 is 0 Å². The van der Waals surface area contributed by atoms with Crippen LogP contribution in [0.1, 0.15) is 5.56 Å². The van der Waals surface area contributed by atoms with Crippen molar-refractivity contribution in [2.45, 2.75) is 6.42 Å². The molecule has 0 heterocycles. The monoisotopic (exact) mass is 361 g/mol. The zero-order chi connectivity index (χ0) is 14.7. The summed E-state index contributed by atoms with van der Waals surface area (Å²) < 4.78 is 32.9. The fourth-order valence-electron chi connectivity index (χ4n) is 1.72. The molecule has 0 amide bonds. The summed E-state index contributed by atoms with van der Waals surface area (Å²) >= 11 is 8.99. The van der Waals surface area contributed by atoms with Crippen LogP contribution in [-0.2, 0) is 6.42 Å². The van der Waals surface area contributed by atoms with Crippen molar-refractivity contribution in [1.82, 2.24) is 0 Å². The highest BCUT2D eigenvalue weighted by Gasteiger charge is 2.14. The molecule has 0 atom stereocenters. The molecule has 20 heavy (non-hydrogen) atoms. The van der Waals surface area contributed by atoms with Crippen molar-refractivity contribution in [3.8, 4) is 11.5 Å². The summed E-state index contributed by atoms with van der Waals surface area (Å²) in [5.41, 5.74) is 6.25. The fraction of sp³-hybridized carbons (Fsp3) is 0.143. The van der Waals surface area contributed by atoms with E-state index < -0.39 is 11.6 Å². The standard InChI is InChI=1S/C14H11BrClF2NO/c15-9-6-11(17)14(18)13(7-9)20-12-2-1-10(16)5-8(12)3-4-19/h1-2,5-7H,3-4,19H2. The molecule has 6 heteroatoms. The van der Waals surface area contributed by atoms with Gasteiger partial charge in [-0.2, -0.15) is 4.39 Å². The predicted octanol–water partition coefficient (Wildman–Crippen LogP) is 4.67. The van der Waals surface area contributed by atoms with E-state index in [1.165, 1.54) is 6.07 Å². The Morgan fingerprint density at radius 2 is 1.90 bits per heavy atom. The van der Waals surface area contributed by atoms with Gasteiger partial charge < -0.3 is 10.5 Å². The summed E-state index contributed by atoms with van der Waals surface area (Å²) in [6, 6.07) is 7.30. The maximum Gasteiger partial charge on any atom is 0.201 e. The lowest BCUT2D eigenvalue weighted by Crippen LogP contribution is -2.04. The van der Waals surface area contributed by atoms with Crippen molar-refractivity contribution >= 4 is 27.5 Å². The molecule has 0 saturated carbocycles. The second-order valence-electron chi connectivity index (χ2n) is 4.09. The first kappa shape index (κ1) is 15.2. The molecule has 0 unspecified atom stereocenters. The highest BCUT2D eigenvalue weighted by Crippen LogP contribution is 2.32. The second kappa shape index (κ2) is 6.52. The number of hydrogen-bond acceptors (Lipinski definition) is 2. The molecule has 0 aliphatic carbocycles. The molecule has 2 rings (SSSR count). The van der Waals surface area contributed by atoms with Gasteiger partial charge in [-0.1, -0.05) is 27.5 Å². The zero-order valence-electron chi connectivity index (χ0n) is 10.3. The summed E-state index contributed by atoms with van der Waals surface area (Å²) in [5, 5.41) is 0.529. The highest BCUT2D eigenvalue weighted by molar-refractivity contribution is 9.10. The molecule has 0 saturated heterocycles. The lowest BCUT2D eigenvalue weighted by molar-refractivity contribution is 0.412. The summed E-state index contributed by atoms with van der Waals surface area (Å²) in [5.74, 6) is -1.82. The van der Waals surface area contributed by atoms with Gasteiger partial charge in [0, 0.05) is 9.50 Å². The van der Waals surface area contributed by atoms with Gasteiger partial charge in [-0.25, -0.2) is 4.39 Å². The van der Waals surface area contributed by atoms with Crippen LogP contribution < -0.4 is 10.5 Å². The molecule has 0 spiro atoms. The van der Waals surface area contributed by atoms with E-state index in [1.807, 2.05) is 0 Å². The van der Waals surface area contributed by atoms with E-state index in [0.717, 1.165) is 11.6 Å². The second-order valence-corrected chi connectivity index (χ2v) is 5.44. The Labute approximate surface area is 128 Å². The lowest BCUT2D eigenvalue weighted by atomic mass is 10.1. The number of hydrogen-bond donors (Lipinski definition) is 1. The number of ether oxygens (including phenoxy) is 1. The number of benzene rings is 2. The van der Waals surface area contributed by atoms with Crippen molar-refractivity contribution in [3.63, 3.8) is 0 Å². The Bertz CT molecular complexity index is 637. The van der Waals surface area contributed by atoms with Crippen molar-refractivity contribution in [2.75, 3.05) is 6.54 Å². The van der Waals surface area contributed by atoms with E-state index in [4.69, 9.17) is 22.1 Å². The van der Waals surface area contributed by atoms with E-state index in [1.54, 1.807) is 18.2 Å². The van der Waals surface area contributed by atoms with Crippen LogP contribution in [0.25, 0.3) is 0 Å². The van der Waals surface area contributed by atoms with Crippen LogP contribution in [0.5, 0.6) is 11.5 Å². The van der Waals surface area contributed by atoms with Gasteiger partial charge in [0.1, 0.15) is 5.75 Å². The van der Waals surface area contributed by atoms with E-state index in [2.05, 4.69) is 15.9 Å². The molecule has 2 N–H and O–H groups in total. The van der Waals surface area contributed by atoms with Gasteiger partial charge in [-0.05, 0) is 48.9 Å². The molecule has 106 valence electrons. The Morgan fingerprint density at radius 3 is 2.60 bits per heavy atom. The summed E-state index contributed by atoms with van der Waals surface area (Å²) in [6.07, 6.45) is 0.522. The van der Waals surface area contributed by atoms with Crippen LogP contribution >= 0.6 is 27.5 Å². The van der Waals surface area contributed by atoms with E-state index in [9.17, 15) is 8.78 Å². The van der Waals surface area contributed by atoms with Crippen LogP contribution in [0.3, 0.4) is 0 Å². The van der Waals surface area contributed by atoms with Crippen molar-refractivity contribution in [3.05, 3.63) is 57.0 Å². The van der Waals surface area contributed by atoms with E-state index >= 15 is 0 Å². The zero-order valence-corrected chi connectivity index (χ0v) is 12.6. The topological polar surface area (TPSA) is 35.2 Å². The molecule has 0 aliphatic heterocycles. The SMILES string of the molecule is NCCc1cc(Cl)ccc1Oc1cc(Br)cc(F)c1F. The highest BCUT2D eigenvalue weighted by atomic mass is 79.9. The molecule has 0 aromatic heterocycles. The van der Waals surface area contributed by atoms with Crippen LogP contribution in [0, 0.1) is 11.6 Å². The normalized spacial score (nSPS) is 10.7. The first-order valence-corrected chi connectivity index (χ1v) is 6.99. The first-order chi connectivity index (χ1) is 9.51. The van der Waals surface area contributed by atoms with Gasteiger partial charge in [0.15, 0.2) is 11.6 Å². The Hall–Kier alpha value is -1.17. The average Bonchev–Trinajstić information content (AvgIpc) is 2.38. The van der Waals surface area contributed by atoms with Crippen molar-refractivity contribution < 1.29 is 13.5 Å². The third kappa shape index (κ3) is 3.48. The van der Waals surface area contributed by atoms with Gasteiger partial charge in [0.25, 0.3) is 0 Å². The summed E-state index contributed by atoms with van der Waals surface area (Å²) in [4.78, 5) is 0. The minimum absolute atomic E-state index is 0.197. The Kier molecular flexibility index (Phi) is 4.96. The molecular weight excluding hydrogens is 352 g/mol. The molecule has 0 fully saturated rings. The minimum atomic E-state index is -1.04. The number of nitrogens with two attached hydrogens (primary N) is 1. The van der Waals surface area contributed by atoms with E-state index in [0.29, 0.717) is 28.2 Å². The van der Waals surface area contributed by atoms with Gasteiger partial charge in [-0.3, -0.25) is 0 Å². The Balaban J connectivity index is 2.39. The molecule has 0 aliphatic rings. The third-order valence-corrected chi connectivity index (χ3v) is 3.31. The smallest absolute Gasteiger partial charge is 0.201 e. The molecule has 0 radical (unpaired) electrons. The van der Waals surface area contributed by atoms with E-state index in [-0.39, 0.29) is 5.75 Å². The number of rotatable bonds is 4. The largest absolute Gasteiger partial charge is 0.454 e. The fourth-order valence-corrected chi connectivity index (χ4v) is 2.33. The average molecular weight is 363 g/mol. The predicted molar refractivity (Wildman–Crippen MR) is 78.3 cm³/mol. The van der Waals surface area contributed by atoms with Gasteiger partial charge in [-0.15, -0.1) is 0 Å². The lowest BCUT2D eigenvalue weighted by Gasteiger charge is -2.12. The van der Waals surface area contributed by atoms with Crippen LogP contribution in [-0.4, -0.2) is 6.54 Å². The van der Waals surface area contributed by atoms with Crippen LogP contribution in [0.2, 0.25) is 5.02 Å². The van der Waals surface area contributed by atoms with Gasteiger partial charge in [0.05, 0.1) is 0 Å². The minimum Gasteiger partial charge on any atom is -0.454 e.